The number of carbonyl (C=O) groups is 1. The van der Waals surface area contributed by atoms with E-state index in [-0.39, 0.29) is 5.91 Å². The number of nitrogens with two attached hydrogens (primary N) is 1. The number of likely N-dealkylation sites (N-methyl/N-ethyl adjacent to an activating group) is 1. The molecular formula is C16H25N3OS. The van der Waals surface area contributed by atoms with Crippen LogP contribution in [0.2, 0.25) is 0 Å². The number of thioether (sulfide) groups is 1. The summed E-state index contributed by atoms with van der Waals surface area (Å²) in [5, 5.41) is 0. The molecule has 1 heterocycles. The second-order valence-electron chi connectivity index (χ2n) is 5.71. The second kappa shape index (κ2) is 7.82. The number of amides is 1. The van der Waals surface area contributed by atoms with Gasteiger partial charge in [-0.05, 0) is 36.8 Å². The molecule has 1 fully saturated rings. The van der Waals surface area contributed by atoms with Crippen molar-refractivity contribution < 1.29 is 4.79 Å². The molecule has 0 bridgehead atoms. The molecule has 1 aliphatic rings. The Labute approximate surface area is 131 Å². The summed E-state index contributed by atoms with van der Waals surface area (Å²) in [5.41, 5.74) is 7.06. The van der Waals surface area contributed by atoms with Gasteiger partial charge in [-0.2, -0.15) is 0 Å². The van der Waals surface area contributed by atoms with Crippen molar-refractivity contribution in [3.05, 3.63) is 29.8 Å². The number of likely N-dealkylation sites (tertiary alicyclic amines) is 1. The van der Waals surface area contributed by atoms with Crippen LogP contribution < -0.4 is 5.73 Å². The third kappa shape index (κ3) is 5.02. The van der Waals surface area contributed by atoms with Crippen LogP contribution in [-0.4, -0.2) is 54.7 Å². The molecule has 1 saturated heterocycles. The molecule has 4 nitrogen and oxygen atoms in total. The van der Waals surface area contributed by atoms with E-state index in [1.807, 2.05) is 11.9 Å². The summed E-state index contributed by atoms with van der Waals surface area (Å²) in [6.45, 7) is 3.04. The van der Waals surface area contributed by atoms with E-state index in [0.29, 0.717) is 19.1 Å². The third-order valence-electron chi connectivity index (χ3n) is 4.00. The van der Waals surface area contributed by atoms with Gasteiger partial charge in [-0.25, -0.2) is 0 Å². The van der Waals surface area contributed by atoms with Gasteiger partial charge in [-0.3, -0.25) is 9.69 Å². The standard InChI is InChI=1S/C16H25N3OS/c1-18(11-13-3-5-15(21-2)6-4-13)16(20)12-19-9-7-14(17)8-10-19/h3-6,14H,7-12,17H2,1-2H3. The lowest BCUT2D eigenvalue weighted by Crippen LogP contribution is -2.44. The third-order valence-corrected chi connectivity index (χ3v) is 4.74. The highest BCUT2D eigenvalue weighted by molar-refractivity contribution is 7.98. The minimum atomic E-state index is 0.180. The van der Waals surface area contributed by atoms with E-state index in [9.17, 15) is 4.79 Å². The topological polar surface area (TPSA) is 49.6 Å². The quantitative estimate of drug-likeness (QED) is 0.843. The summed E-state index contributed by atoms with van der Waals surface area (Å²) < 4.78 is 0. The van der Waals surface area contributed by atoms with Crippen LogP contribution in [0, 0.1) is 0 Å². The first-order chi connectivity index (χ1) is 10.1. The molecule has 0 unspecified atom stereocenters. The molecule has 0 aliphatic carbocycles. The van der Waals surface area contributed by atoms with Crippen LogP contribution in [0.4, 0.5) is 0 Å². The zero-order chi connectivity index (χ0) is 15.2. The van der Waals surface area contributed by atoms with Crippen LogP contribution in [-0.2, 0) is 11.3 Å². The molecule has 1 aliphatic heterocycles. The lowest BCUT2D eigenvalue weighted by Gasteiger charge is -2.30. The van der Waals surface area contributed by atoms with Crippen molar-refractivity contribution in [1.29, 1.82) is 0 Å². The Bertz CT molecular complexity index is 455. The largest absolute Gasteiger partial charge is 0.340 e. The van der Waals surface area contributed by atoms with E-state index in [1.54, 1.807) is 11.8 Å². The SMILES string of the molecule is CSc1ccc(CN(C)C(=O)CN2CCC(N)CC2)cc1. The Kier molecular flexibility index (Phi) is 6.08. The van der Waals surface area contributed by atoms with Crippen LogP contribution in [0.1, 0.15) is 18.4 Å². The maximum Gasteiger partial charge on any atom is 0.236 e. The fourth-order valence-corrected chi connectivity index (χ4v) is 2.92. The first kappa shape index (κ1) is 16.3. The molecule has 116 valence electrons. The molecular weight excluding hydrogens is 282 g/mol. The number of piperidine rings is 1. The van der Waals surface area contributed by atoms with Crippen molar-refractivity contribution in [3.8, 4) is 0 Å². The van der Waals surface area contributed by atoms with Gasteiger partial charge in [-0.1, -0.05) is 12.1 Å². The van der Waals surface area contributed by atoms with E-state index >= 15 is 0 Å². The Morgan fingerprint density at radius 2 is 1.95 bits per heavy atom. The highest BCUT2D eigenvalue weighted by Gasteiger charge is 2.19. The number of hydrogen-bond acceptors (Lipinski definition) is 4. The maximum atomic E-state index is 12.3. The predicted octanol–water partition coefficient (Wildman–Crippen LogP) is 1.79. The van der Waals surface area contributed by atoms with Gasteiger partial charge in [0.15, 0.2) is 0 Å². The molecule has 2 N–H and O–H groups in total. The van der Waals surface area contributed by atoms with Crippen molar-refractivity contribution in [2.75, 3.05) is 32.9 Å². The van der Waals surface area contributed by atoms with Crippen molar-refractivity contribution in [2.45, 2.75) is 30.3 Å². The van der Waals surface area contributed by atoms with Crippen LogP contribution in [0.25, 0.3) is 0 Å². The first-order valence-electron chi connectivity index (χ1n) is 7.43. The summed E-state index contributed by atoms with van der Waals surface area (Å²) in [6.07, 6.45) is 4.05. The van der Waals surface area contributed by atoms with E-state index in [2.05, 4.69) is 35.4 Å². The second-order valence-corrected chi connectivity index (χ2v) is 6.59. The zero-order valence-corrected chi connectivity index (χ0v) is 13.7. The minimum absolute atomic E-state index is 0.180. The normalized spacial score (nSPS) is 16.9. The maximum absolute atomic E-state index is 12.3. The summed E-state index contributed by atoms with van der Waals surface area (Å²) in [6, 6.07) is 8.70. The van der Waals surface area contributed by atoms with Gasteiger partial charge in [0.25, 0.3) is 0 Å². The van der Waals surface area contributed by atoms with Crippen LogP contribution in [0.15, 0.2) is 29.2 Å². The van der Waals surface area contributed by atoms with Crippen LogP contribution in [0.5, 0.6) is 0 Å². The zero-order valence-electron chi connectivity index (χ0n) is 12.9. The van der Waals surface area contributed by atoms with Gasteiger partial charge in [0.2, 0.25) is 5.91 Å². The summed E-state index contributed by atoms with van der Waals surface area (Å²) in [5.74, 6) is 0.180. The van der Waals surface area contributed by atoms with Crippen molar-refractivity contribution in [1.82, 2.24) is 9.80 Å². The number of nitrogens with zero attached hydrogens (tertiary/aromatic N) is 2. The molecule has 0 aromatic heterocycles. The monoisotopic (exact) mass is 307 g/mol. The van der Waals surface area contributed by atoms with E-state index < -0.39 is 0 Å². The lowest BCUT2D eigenvalue weighted by molar-refractivity contribution is -0.131. The average molecular weight is 307 g/mol. The van der Waals surface area contributed by atoms with Crippen molar-refractivity contribution >= 4 is 17.7 Å². The summed E-state index contributed by atoms with van der Waals surface area (Å²) in [4.78, 5) is 17.5. The van der Waals surface area contributed by atoms with Crippen molar-refractivity contribution in [2.24, 2.45) is 5.73 Å². The van der Waals surface area contributed by atoms with Gasteiger partial charge < -0.3 is 10.6 Å². The highest BCUT2D eigenvalue weighted by atomic mass is 32.2. The summed E-state index contributed by atoms with van der Waals surface area (Å²) >= 11 is 1.73. The lowest BCUT2D eigenvalue weighted by atomic mass is 10.1. The van der Waals surface area contributed by atoms with Gasteiger partial charge in [0.1, 0.15) is 0 Å². The molecule has 21 heavy (non-hydrogen) atoms. The molecule has 0 saturated carbocycles. The summed E-state index contributed by atoms with van der Waals surface area (Å²) in [7, 11) is 1.88. The Morgan fingerprint density at radius 3 is 2.52 bits per heavy atom. The molecule has 1 aromatic carbocycles. The van der Waals surface area contributed by atoms with Crippen molar-refractivity contribution in [3.63, 3.8) is 0 Å². The number of benzene rings is 1. The molecule has 0 atom stereocenters. The molecule has 0 spiro atoms. The van der Waals surface area contributed by atoms with E-state index in [1.165, 1.54) is 10.5 Å². The van der Waals surface area contributed by atoms with Gasteiger partial charge in [0.05, 0.1) is 6.54 Å². The minimum Gasteiger partial charge on any atom is -0.340 e. The predicted molar refractivity (Wildman–Crippen MR) is 88.3 cm³/mol. The Balaban J connectivity index is 1.81. The Hall–Kier alpha value is -1.04. The van der Waals surface area contributed by atoms with E-state index in [0.717, 1.165) is 25.9 Å². The van der Waals surface area contributed by atoms with Crippen LogP contribution >= 0.6 is 11.8 Å². The Morgan fingerprint density at radius 1 is 1.33 bits per heavy atom. The molecule has 2 rings (SSSR count). The number of hydrogen-bond donors (Lipinski definition) is 1. The van der Waals surface area contributed by atoms with Gasteiger partial charge in [-0.15, -0.1) is 11.8 Å². The molecule has 1 aromatic rings. The smallest absolute Gasteiger partial charge is 0.236 e. The van der Waals surface area contributed by atoms with Gasteiger partial charge >= 0.3 is 0 Å². The molecule has 1 amide bonds. The fourth-order valence-electron chi connectivity index (χ4n) is 2.52. The number of carbonyl (C=O) groups excluding carboxylic acids is 1. The van der Waals surface area contributed by atoms with Gasteiger partial charge in [0, 0.05) is 37.6 Å². The highest BCUT2D eigenvalue weighted by Crippen LogP contribution is 2.16. The fraction of sp³-hybridized carbons (Fsp3) is 0.562. The van der Waals surface area contributed by atoms with E-state index in [4.69, 9.17) is 5.73 Å². The molecule has 0 radical (unpaired) electrons. The molecule has 5 heteroatoms. The first-order valence-corrected chi connectivity index (χ1v) is 8.66. The van der Waals surface area contributed by atoms with Crippen LogP contribution in [0.3, 0.4) is 0 Å². The number of rotatable bonds is 5. The average Bonchev–Trinajstić information content (AvgIpc) is 2.50.